The van der Waals surface area contributed by atoms with Crippen LogP contribution in [0.15, 0.2) is 22.7 Å². The van der Waals surface area contributed by atoms with E-state index >= 15 is 0 Å². The number of carbonyl (C=O) groups is 1. The summed E-state index contributed by atoms with van der Waals surface area (Å²) in [5.74, 6) is 0.623. The van der Waals surface area contributed by atoms with Crippen molar-refractivity contribution in [2.75, 3.05) is 7.11 Å². The standard InChI is InChI=1S/C10H8BrN3O3/c1-16-7-4-6(11)2-5-3-8(17-10(12)15)13-14-9(5)7/h2-4H,1H3,(H2,12,15). The van der Waals surface area contributed by atoms with E-state index in [0.717, 1.165) is 9.86 Å². The molecule has 0 fully saturated rings. The molecule has 7 heteroatoms. The van der Waals surface area contributed by atoms with Crippen molar-refractivity contribution < 1.29 is 14.3 Å². The van der Waals surface area contributed by atoms with Crippen LogP contribution < -0.4 is 15.2 Å². The van der Waals surface area contributed by atoms with Gasteiger partial charge in [-0.25, -0.2) is 4.79 Å². The summed E-state index contributed by atoms with van der Waals surface area (Å²) in [5, 5.41) is 8.36. The van der Waals surface area contributed by atoms with Crippen LogP contribution in [0.25, 0.3) is 10.9 Å². The summed E-state index contributed by atoms with van der Waals surface area (Å²) in [7, 11) is 1.54. The van der Waals surface area contributed by atoms with Crippen LogP contribution in [0.3, 0.4) is 0 Å². The van der Waals surface area contributed by atoms with Gasteiger partial charge in [0.05, 0.1) is 7.11 Å². The molecule has 2 rings (SSSR count). The van der Waals surface area contributed by atoms with E-state index in [2.05, 4.69) is 30.9 Å². The molecule has 0 bridgehead atoms. The van der Waals surface area contributed by atoms with Crippen molar-refractivity contribution in [2.45, 2.75) is 0 Å². The van der Waals surface area contributed by atoms with Crippen LogP contribution in [0.2, 0.25) is 0 Å². The Balaban J connectivity index is 2.57. The Morgan fingerprint density at radius 1 is 1.35 bits per heavy atom. The van der Waals surface area contributed by atoms with Gasteiger partial charge in [0.2, 0.25) is 5.88 Å². The van der Waals surface area contributed by atoms with E-state index in [4.69, 9.17) is 10.5 Å². The number of fused-ring (bicyclic) bond motifs is 1. The maximum atomic E-state index is 10.6. The number of rotatable bonds is 2. The number of aromatic nitrogens is 2. The lowest BCUT2D eigenvalue weighted by atomic mass is 10.2. The highest BCUT2D eigenvalue weighted by molar-refractivity contribution is 9.10. The fourth-order valence-corrected chi connectivity index (χ4v) is 1.84. The Labute approximate surface area is 105 Å². The largest absolute Gasteiger partial charge is 0.494 e. The van der Waals surface area contributed by atoms with Gasteiger partial charge in [0.1, 0.15) is 11.3 Å². The van der Waals surface area contributed by atoms with Crippen LogP contribution >= 0.6 is 15.9 Å². The molecule has 0 aliphatic carbocycles. The van der Waals surface area contributed by atoms with Crippen LogP contribution in [0.4, 0.5) is 4.79 Å². The third-order valence-corrected chi connectivity index (χ3v) is 2.48. The summed E-state index contributed by atoms with van der Waals surface area (Å²) < 4.78 is 10.6. The average Bonchev–Trinajstić information content (AvgIpc) is 2.26. The number of nitrogens with two attached hydrogens (primary N) is 1. The van der Waals surface area contributed by atoms with Crippen molar-refractivity contribution >= 4 is 32.9 Å². The van der Waals surface area contributed by atoms with E-state index in [1.54, 1.807) is 18.2 Å². The highest BCUT2D eigenvalue weighted by atomic mass is 79.9. The SMILES string of the molecule is COc1cc(Br)cc2cc(OC(N)=O)nnc12. The van der Waals surface area contributed by atoms with Crippen molar-refractivity contribution in [2.24, 2.45) is 5.73 Å². The predicted molar refractivity (Wildman–Crippen MR) is 64.0 cm³/mol. The molecular formula is C10H8BrN3O3. The normalized spacial score (nSPS) is 10.2. The minimum Gasteiger partial charge on any atom is -0.494 e. The van der Waals surface area contributed by atoms with Crippen LogP contribution in [0.1, 0.15) is 0 Å². The number of nitrogens with zero attached hydrogens (tertiary/aromatic N) is 2. The Kier molecular flexibility index (Phi) is 3.10. The van der Waals surface area contributed by atoms with Crippen molar-refractivity contribution in [3.05, 3.63) is 22.7 Å². The first-order chi connectivity index (χ1) is 8.10. The van der Waals surface area contributed by atoms with Crippen LogP contribution in [0.5, 0.6) is 11.6 Å². The zero-order valence-corrected chi connectivity index (χ0v) is 10.4. The number of halogens is 1. The minimum absolute atomic E-state index is 0.0464. The van der Waals surface area contributed by atoms with E-state index in [-0.39, 0.29) is 5.88 Å². The first kappa shape index (κ1) is 11.6. The number of ether oxygens (including phenoxy) is 2. The monoisotopic (exact) mass is 297 g/mol. The number of hydrogen-bond acceptors (Lipinski definition) is 5. The molecule has 1 heterocycles. The molecule has 0 saturated carbocycles. The van der Waals surface area contributed by atoms with Gasteiger partial charge >= 0.3 is 6.09 Å². The molecule has 1 aromatic heterocycles. The van der Waals surface area contributed by atoms with Gasteiger partial charge in [0, 0.05) is 15.9 Å². The first-order valence-corrected chi connectivity index (χ1v) is 5.37. The van der Waals surface area contributed by atoms with Gasteiger partial charge < -0.3 is 15.2 Å². The number of amides is 1. The van der Waals surface area contributed by atoms with Crippen LogP contribution in [-0.4, -0.2) is 23.4 Å². The number of carbonyl (C=O) groups excluding carboxylic acids is 1. The van der Waals surface area contributed by atoms with Crippen molar-refractivity contribution in [1.82, 2.24) is 10.2 Å². The molecule has 17 heavy (non-hydrogen) atoms. The summed E-state index contributed by atoms with van der Waals surface area (Å²) in [6, 6.07) is 5.13. The molecule has 0 saturated heterocycles. The summed E-state index contributed by atoms with van der Waals surface area (Å²) >= 11 is 3.34. The number of benzene rings is 1. The van der Waals surface area contributed by atoms with E-state index in [9.17, 15) is 4.79 Å². The first-order valence-electron chi connectivity index (χ1n) is 4.58. The third-order valence-electron chi connectivity index (χ3n) is 2.02. The van der Waals surface area contributed by atoms with Crippen molar-refractivity contribution in [3.63, 3.8) is 0 Å². The van der Waals surface area contributed by atoms with Gasteiger partial charge in [-0.2, -0.15) is 0 Å². The molecule has 2 N–H and O–H groups in total. The molecular weight excluding hydrogens is 290 g/mol. The second-order valence-corrected chi connectivity index (χ2v) is 4.07. The minimum atomic E-state index is -0.930. The number of methoxy groups -OCH3 is 1. The molecule has 0 aliphatic heterocycles. The molecule has 2 aromatic rings. The van der Waals surface area contributed by atoms with Gasteiger partial charge in [0.25, 0.3) is 0 Å². The smallest absolute Gasteiger partial charge is 0.411 e. The van der Waals surface area contributed by atoms with Crippen molar-refractivity contribution in [1.29, 1.82) is 0 Å². The molecule has 6 nitrogen and oxygen atoms in total. The molecule has 1 amide bonds. The fraction of sp³-hybridized carbons (Fsp3) is 0.100. The third kappa shape index (κ3) is 2.44. The zero-order chi connectivity index (χ0) is 12.4. The van der Waals surface area contributed by atoms with E-state index in [1.807, 2.05) is 0 Å². The topological polar surface area (TPSA) is 87.3 Å². The van der Waals surface area contributed by atoms with Gasteiger partial charge in [0.15, 0.2) is 0 Å². The van der Waals surface area contributed by atoms with Crippen LogP contribution in [0, 0.1) is 0 Å². The summed E-state index contributed by atoms with van der Waals surface area (Å²) in [6.07, 6.45) is -0.930. The lowest BCUT2D eigenvalue weighted by molar-refractivity contribution is 0.208. The summed E-state index contributed by atoms with van der Waals surface area (Å²) in [4.78, 5) is 10.6. The molecule has 0 aliphatic rings. The lowest BCUT2D eigenvalue weighted by Crippen LogP contribution is -2.17. The summed E-state index contributed by atoms with van der Waals surface area (Å²) in [5.41, 5.74) is 5.47. The van der Waals surface area contributed by atoms with Gasteiger partial charge in [-0.1, -0.05) is 15.9 Å². The zero-order valence-electron chi connectivity index (χ0n) is 8.81. The van der Waals surface area contributed by atoms with Crippen LogP contribution in [-0.2, 0) is 0 Å². The number of hydrogen-bond donors (Lipinski definition) is 1. The average molecular weight is 298 g/mol. The van der Waals surface area contributed by atoms with E-state index in [0.29, 0.717) is 11.3 Å². The second kappa shape index (κ2) is 4.54. The molecule has 88 valence electrons. The fourth-order valence-electron chi connectivity index (χ4n) is 1.38. The summed E-state index contributed by atoms with van der Waals surface area (Å²) in [6.45, 7) is 0. The molecule has 0 radical (unpaired) electrons. The molecule has 0 unspecified atom stereocenters. The van der Waals surface area contributed by atoms with Gasteiger partial charge in [-0.15, -0.1) is 10.2 Å². The Bertz CT molecular complexity index is 588. The van der Waals surface area contributed by atoms with Gasteiger partial charge in [-0.3, -0.25) is 0 Å². The Morgan fingerprint density at radius 3 is 2.76 bits per heavy atom. The highest BCUT2D eigenvalue weighted by Crippen LogP contribution is 2.29. The highest BCUT2D eigenvalue weighted by Gasteiger charge is 2.09. The lowest BCUT2D eigenvalue weighted by Gasteiger charge is -2.06. The quantitative estimate of drug-likeness (QED) is 0.914. The molecule has 0 atom stereocenters. The van der Waals surface area contributed by atoms with E-state index < -0.39 is 6.09 Å². The number of primary amides is 1. The second-order valence-electron chi connectivity index (χ2n) is 3.15. The predicted octanol–water partition coefficient (Wildman–Crippen LogP) is 1.86. The molecule has 1 aromatic carbocycles. The maximum absolute atomic E-state index is 10.6. The van der Waals surface area contributed by atoms with Crippen molar-refractivity contribution in [3.8, 4) is 11.6 Å². The Hall–Kier alpha value is -1.89. The van der Waals surface area contributed by atoms with Gasteiger partial charge in [-0.05, 0) is 12.1 Å². The Morgan fingerprint density at radius 2 is 2.12 bits per heavy atom. The van der Waals surface area contributed by atoms with E-state index in [1.165, 1.54) is 7.11 Å². The maximum Gasteiger partial charge on any atom is 0.411 e. The molecule has 0 spiro atoms.